The van der Waals surface area contributed by atoms with E-state index in [9.17, 15) is 22.5 Å². The molecule has 17 heteroatoms. The molecule has 13 nitrogen and oxygen atoms in total. The van der Waals surface area contributed by atoms with Crippen molar-refractivity contribution in [2.24, 2.45) is 0 Å². The molecule has 4 aliphatic rings. The topological polar surface area (TPSA) is 154 Å². The summed E-state index contributed by atoms with van der Waals surface area (Å²) < 4.78 is 72.8. The smallest absolute Gasteiger partial charge is 0.421 e. The third-order valence-corrected chi connectivity index (χ3v) is 7.76. The van der Waals surface area contributed by atoms with Gasteiger partial charge in [0.25, 0.3) is 5.91 Å². The van der Waals surface area contributed by atoms with Crippen LogP contribution in [0, 0.1) is 0 Å². The number of hydrogen-bond acceptors (Lipinski definition) is 11. The van der Waals surface area contributed by atoms with Gasteiger partial charge in [-0.15, -0.1) is 5.10 Å². The molecule has 8 bridgehead atoms. The number of halogens is 3. The second-order valence-corrected chi connectivity index (χ2v) is 10.9. The minimum Gasteiger partial charge on any atom is -0.495 e. The fourth-order valence-electron chi connectivity index (χ4n) is 4.42. The van der Waals surface area contributed by atoms with Crippen LogP contribution >= 0.6 is 8.03 Å². The Morgan fingerprint density at radius 1 is 1.11 bits per heavy atom. The van der Waals surface area contributed by atoms with Crippen molar-refractivity contribution in [3.63, 3.8) is 0 Å². The Hall–Kier alpha value is -4.69. The molecular weight excluding hydrogens is 604 g/mol. The van der Waals surface area contributed by atoms with Gasteiger partial charge in [-0.1, -0.05) is 6.07 Å². The molecule has 232 valence electrons. The summed E-state index contributed by atoms with van der Waals surface area (Å²) in [5, 5.41) is 12.3. The van der Waals surface area contributed by atoms with Gasteiger partial charge in [0.05, 0.1) is 43.5 Å². The lowest BCUT2D eigenvalue weighted by atomic mass is 10.1. The van der Waals surface area contributed by atoms with Gasteiger partial charge in [-0.25, -0.2) is 9.97 Å². The highest BCUT2D eigenvalue weighted by Crippen LogP contribution is 2.38. The lowest BCUT2D eigenvalue weighted by Gasteiger charge is -2.17. The van der Waals surface area contributed by atoms with Crippen LogP contribution in [0.15, 0.2) is 42.7 Å². The highest BCUT2D eigenvalue weighted by molar-refractivity contribution is 7.38. The largest absolute Gasteiger partial charge is 0.495 e. The van der Waals surface area contributed by atoms with E-state index in [0.717, 1.165) is 0 Å². The van der Waals surface area contributed by atoms with Crippen molar-refractivity contribution in [3.8, 4) is 22.9 Å². The van der Waals surface area contributed by atoms with Crippen molar-refractivity contribution in [1.82, 2.24) is 30.0 Å². The molecule has 1 atom stereocenters. The first-order chi connectivity index (χ1) is 21.1. The summed E-state index contributed by atoms with van der Waals surface area (Å²) in [5.41, 5.74) is 0.366. The van der Waals surface area contributed by atoms with Crippen LogP contribution < -0.4 is 25.4 Å². The van der Waals surface area contributed by atoms with E-state index >= 15 is 0 Å². The van der Waals surface area contributed by atoms with E-state index in [1.807, 2.05) is 0 Å². The third-order valence-electron chi connectivity index (χ3n) is 6.54. The molecule has 8 rings (SSSR count). The Morgan fingerprint density at radius 3 is 2.64 bits per heavy atom. The number of methoxy groups -OCH3 is 2. The quantitative estimate of drug-likeness (QED) is 0.261. The average molecular weight is 633 g/mol. The van der Waals surface area contributed by atoms with Gasteiger partial charge in [0, 0.05) is 32.1 Å². The Morgan fingerprint density at radius 2 is 1.91 bits per heavy atom. The molecule has 3 N–H and O–H groups in total. The van der Waals surface area contributed by atoms with Gasteiger partial charge in [0.2, 0.25) is 11.8 Å². The molecule has 44 heavy (non-hydrogen) atoms. The van der Waals surface area contributed by atoms with E-state index in [4.69, 9.17) is 14.0 Å². The number of nitrogens with one attached hydrogen (secondary N) is 3. The predicted molar refractivity (Wildman–Crippen MR) is 155 cm³/mol. The number of carbonyl (C=O) groups excluding carboxylic acids is 1. The number of carbonyl (C=O) groups is 1. The van der Waals surface area contributed by atoms with Crippen molar-refractivity contribution in [2.45, 2.75) is 25.3 Å². The number of hydrogen-bond donors (Lipinski definition) is 3. The number of amides is 1. The number of ether oxygens (including phenoxy) is 2. The molecule has 4 aliphatic heterocycles. The first-order valence-corrected chi connectivity index (χ1v) is 14.8. The molecule has 0 saturated carbocycles. The second-order valence-electron chi connectivity index (χ2n) is 9.48. The van der Waals surface area contributed by atoms with Crippen molar-refractivity contribution < 1.29 is 36.5 Å². The van der Waals surface area contributed by atoms with Gasteiger partial charge in [-0.05, 0) is 36.2 Å². The number of aromatic nitrogens is 5. The minimum absolute atomic E-state index is 0.0361. The van der Waals surface area contributed by atoms with Crippen molar-refractivity contribution in [1.29, 1.82) is 0 Å². The van der Waals surface area contributed by atoms with Crippen molar-refractivity contribution >= 4 is 37.1 Å². The molecule has 1 aromatic carbocycles. The zero-order valence-electron chi connectivity index (χ0n) is 23.8. The molecule has 7 heterocycles. The average Bonchev–Trinajstić information content (AvgIpc) is 3.42. The van der Waals surface area contributed by atoms with E-state index in [-0.39, 0.29) is 41.7 Å². The number of anilines is 4. The van der Waals surface area contributed by atoms with E-state index in [2.05, 4.69) is 36.0 Å². The summed E-state index contributed by atoms with van der Waals surface area (Å²) in [6, 6.07) is 7.87. The van der Waals surface area contributed by atoms with Crippen LogP contribution in [-0.2, 0) is 28.0 Å². The zero-order chi connectivity index (χ0) is 31.4. The van der Waals surface area contributed by atoms with Crippen LogP contribution in [-0.4, -0.2) is 58.5 Å². The summed E-state index contributed by atoms with van der Waals surface area (Å²) in [7, 11) is 1.77. The van der Waals surface area contributed by atoms with Gasteiger partial charge in [-0.3, -0.25) is 14.0 Å². The molecule has 0 fully saturated rings. The van der Waals surface area contributed by atoms with Crippen LogP contribution in [0.25, 0.3) is 11.3 Å². The van der Waals surface area contributed by atoms with Gasteiger partial charge in [0.1, 0.15) is 17.1 Å². The van der Waals surface area contributed by atoms with E-state index < -0.39 is 31.5 Å². The number of rotatable bonds is 3. The maximum atomic E-state index is 14.0. The first kappa shape index (κ1) is 30.8. The monoisotopic (exact) mass is 632 g/mol. The lowest BCUT2D eigenvalue weighted by Crippen LogP contribution is -2.21. The van der Waals surface area contributed by atoms with Crippen LogP contribution in [0.2, 0.25) is 0 Å². The van der Waals surface area contributed by atoms with E-state index in [0.29, 0.717) is 41.7 Å². The summed E-state index contributed by atoms with van der Waals surface area (Å²) in [5.74, 6) is -0.921. The summed E-state index contributed by atoms with van der Waals surface area (Å²) in [4.78, 5) is 25.2. The predicted octanol–water partition coefficient (Wildman–Crippen LogP) is 5.01. The highest BCUT2D eigenvalue weighted by atomic mass is 31.1. The SMILES string of the molecule is CNC(=O)c1nc2ccc1Nc1nc(ncc1C(F)(F)F)Nc1ccc(cc1OC)C[PH](=O)OCCCn1cc-2c(OC)n1. The fourth-order valence-corrected chi connectivity index (χ4v) is 5.45. The zero-order valence-corrected chi connectivity index (χ0v) is 24.8. The number of benzene rings is 1. The van der Waals surface area contributed by atoms with E-state index in [1.54, 1.807) is 29.1 Å². The molecule has 3 aromatic heterocycles. The fraction of sp³-hybridized carbons (Fsp3) is 0.296. The normalized spacial score (nSPS) is 15.4. The summed E-state index contributed by atoms with van der Waals surface area (Å²) >= 11 is 0. The van der Waals surface area contributed by atoms with Gasteiger partial charge >= 0.3 is 6.18 Å². The number of nitrogens with zero attached hydrogens (tertiary/aromatic N) is 5. The Bertz CT molecular complexity index is 1720. The molecular formula is C27H28F3N8O5P. The second kappa shape index (κ2) is 12.9. The molecule has 0 saturated heterocycles. The number of pyridine rings is 1. The summed E-state index contributed by atoms with van der Waals surface area (Å²) in [6.45, 7) is 0.622. The Labute approximate surface area is 250 Å². The molecule has 1 unspecified atom stereocenters. The minimum atomic E-state index is -4.83. The van der Waals surface area contributed by atoms with Gasteiger partial charge < -0.3 is 29.9 Å². The Kier molecular flexibility index (Phi) is 9.01. The van der Waals surface area contributed by atoms with E-state index in [1.165, 1.54) is 33.4 Å². The molecule has 4 aromatic rings. The summed E-state index contributed by atoms with van der Waals surface area (Å²) in [6.07, 6.45) is -1.89. The first-order valence-electron chi connectivity index (χ1n) is 13.3. The molecule has 1 amide bonds. The lowest BCUT2D eigenvalue weighted by molar-refractivity contribution is -0.137. The molecule has 0 radical (unpaired) electrons. The van der Waals surface area contributed by atoms with Gasteiger partial charge in [-0.2, -0.15) is 18.2 Å². The molecule has 0 aliphatic carbocycles. The van der Waals surface area contributed by atoms with Crippen LogP contribution in [0.5, 0.6) is 11.6 Å². The van der Waals surface area contributed by atoms with Crippen LogP contribution in [0.4, 0.5) is 36.3 Å². The van der Waals surface area contributed by atoms with Crippen molar-refractivity contribution in [2.75, 3.05) is 38.5 Å². The van der Waals surface area contributed by atoms with Gasteiger partial charge in [0.15, 0.2) is 13.7 Å². The standard InChI is InChI=1S/C27H28F3N8O5P/c1-31-24(39)22-20-8-7-18(33-22)16-13-38(37-25(16)42-3)9-4-10-43-44(40)14-15-5-6-19(21(11-15)41-2)35-26-32-12-17(27(28,29)30)23(34-20)36-26/h5-8,11-13,44H,4,9-10,14H2,1-3H3,(H,31,39)(H2,32,34,35,36). The maximum Gasteiger partial charge on any atom is 0.421 e. The highest BCUT2D eigenvalue weighted by Gasteiger charge is 2.36. The number of aryl methyl sites for hydroxylation is 1. The van der Waals surface area contributed by atoms with Crippen molar-refractivity contribution in [3.05, 3.63) is 59.5 Å². The Balaban J connectivity index is 1.64. The van der Waals surface area contributed by atoms with Crippen LogP contribution in [0.1, 0.15) is 28.0 Å². The molecule has 0 spiro atoms. The number of alkyl halides is 3. The van der Waals surface area contributed by atoms with Crippen LogP contribution in [0.3, 0.4) is 0 Å². The third kappa shape index (κ3) is 6.76. The maximum absolute atomic E-state index is 14.0.